The predicted molar refractivity (Wildman–Crippen MR) is 75.1 cm³/mol. The van der Waals surface area contributed by atoms with Crippen molar-refractivity contribution in [3.63, 3.8) is 0 Å². The van der Waals surface area contributed by atoms with E-state index < -0.39 is 0 Å². The third-order valence-corrected chi connectivity index (χ3v) is 4.13. The van der Waals surface area contributed by atoms with Crippen LogP contribution in [0, 0.1) is 0 Å². The molecule has 0 aliphatic carbocycles. The molecule has 2 heterocycles. The third kappa shape index (κ3) is 1.49. The number of likely N-dealkylation sites (N-methyl/N-ethyl adjacent to an activating group) is 1. The van der Waals surface area contributed by atoms with Crippen LogP contribution in [-0.2, 0) is 9.59 Å². The summed E-state index contributed by atoms with van der Waals surface area (Å²) in [7, 11) is 1.70. The molecule has 4 nitrogen and oxygen atoms in total. The smallest absolute Gasteiger partial charge is 0.264 e. The minimum Gasteiger partial charge on any atom is -0.311 e. The molecule has 2 amide bonds. The first-order valence-corrected chi connectivity index (χ1v) is 6.47. The lowest BCUT2D eigenvalue weighted by Gasteiger charge is -2.08. The van der Waals surface area contributed by atoms with Crippen LogP contribution in [0.3, 0.4) is 0 Å². The molecule has 2 aliphatic heterocycles. The van der Waals surface area contributed by atoms with E-state index in [0.29, 0.717) is 14.8 Å². The van der Waals surface area contributed by atoms with E-state index >= 15 is 0 Å². The van der Waals surface area contributed by atoms with Crippen LogP contribution in [0.1, 0.15) is 5.56 Å². The van der Waals surface area contributed by atoms with Gasteiger partial charge in [-0.1, -0.05) is 42.2 Å². The van der Waals surface area contributed by atoms with Crippen LogP contribution in [0.5, 0.6) is 0 Å². The monoisotopic (exact) mass is 276 g/mol. The molecule has 1 aromatic carbocycles. The van der Waals surface area contributed by atoms with Gasteiger partial charge in [-0.2, -0.15) is 0 Å². The maximum Gasteiger partial charge on any atom is 0.264 e. The number of hydrogen-bond acceptors (Lipinski definition) is 4. The second-order valence-electron chi connectivity index (χ2n) is 3.93. The zero-order valence-electron chi connectivity index (χ0n) is 9.39. The fourth-order valence-corrected chi connectivity index (χ4v) is 3.18. The second kappa shape index (κ2) is 3.93. The van der Waals surface area contributed by atoms with Gasteiger partial charge in [0.2, 0.25) is 0 Å². The molecule has 0 aromatic heterocycles. The Hall–Kier alpha value is -1.66. The average Bonchev–Trinajstić information content (AvgIpc) is 2.79. The molecule has 0 saturated carbocycles. The number of amides is 2. The highest BCUT2D eigenvalue weighted by Crippen LogP contribution is 2.41. The van der Waals surface area contributed by atoms with Crippen molar-refractivity contribution in [2.75, 3.05) is 11.9 Å². The maximum absolute atomic E-state index is 12.2. The molecule has 0 bridgehead atoms. The summed E-state index contributed by atoms with van der Waals surface area (Å²) in [6.45, 7) is 0. The first kappa shape index (κ1) is 11.4. The van der Waals surface area contributed by atoms with E-state index in [2.05, 4.69) is 5.32 Å². The highest BCUT2D eigenvalue weighted by molar-refractivity contribution is 8.27. The van der Waals surface area contributed by atoms with Gasteiger partial charge in [0, 0.05) is 12.6 Å². The molecule has 0 atom stereocenters. The first-order chi connectivity index (χ1) is 8.59. The van der Waals surface area contributed by atoms with E-state index in [4.69, 9.17) is 12.2 Å². The van der Waals surface area contributed by atoms with Crippen LogP contribution >= 0.6 is 24.0 Å². The average molecular weight is 276 g/mol. The van der Waals surface area contributed by atoms with Gasteiger partial charge in [0.1, 0.15) is 4.32 Å². The quantitative estimate of drug-likeness (QED) is 0.576. The normalized spacial score (nSPS) is 22.5. The van der Waals surface area contributed by atoms with Gasteiger partial charge in [0.05, 0.1) is 16.2 Å². The summed E-state index contributed by atoms with van der Waals surface area (Å²) in [4.78, 5) is 26.0. The van der Waals surface area contributed by atoms with Crippen molar-refractivity contribution in [3.05, 3.63) is 34.7 Å². The number of thiocarbonyl (C=S) groups is 1. The molecule has 1 saturated heterocycles. The number of nitrogens with zero attached hydrogens (tertiary/aromatic N) is 1. The number of carbonyl (C=O) groups is 2. The van der Waals surface area contributed by atoms with E-state index in [0.717, 1.165) is 23.0 Å². The lowest BCUT2D eigenvalue weighted by molar-refractivity contribution is -0.116. The summed E-state index contributed by atoms with van der Waals surface area (Å²) >= 11 is 6.09. The van der Waals surface area contributed by atoms with Gasteiger partial charge in [-0.25, -0.2) is 0 Å². The fraction of sp³-hybridized carbons (Fsp3) is 0.0833. The molecule has 1 aromatic rings. The van der Waals surface area contributed by atoms with Crippen molar-refractivity contribution in [1.29, 1.82) is 0 Å². The van der Waals surface area contributed by atoms with E-state index in [1.165, 1.54) is 0 Å². The molecule has 0 unspecified atom stereocenters. The Morgan fingerprint density at radius 2 is 2.00 bits per heavy atom. The van der Waals surface area contributed by atoms with Gasteiger partial charge in [-0.05, 0) is 6.07 Å². The molecule has 3 rings (SSSR count). The summed E-state index contributed by atoms with van der Waals surface area (Å²) in [6.07, 6.45) is 0. The summed E-state index contributed by atoms with van der Waals surface area (Å²) in [5.41, 5.74) is 2.04. The number of anilines is 1. The van der Waals surface area contributed by atoms with Gasteiger partial charge in [-0.3, -0.25) is 9.59 Å². The van der Waals surface area contributed by atoms with Crippen molar-refractivity contribution in [2.45, 2.75) is 0 Å². The van der Waals surface area contributed by atoms with Gasteiger partial charge >= 0.3 is 0 Å². The Morgan fingerprint density at radius 3 is 2.67 bits per heavy atom. The predicted octanol–water partition coefficient (Wildman–Crippen LogP) is 1.52. The number of carbonyl (C=O) groups excluding carboxylic acids is 2. The van der Waals surface area contributed by atoms with Crippen LogP contribution in [0.4, 0.5) is 5.69 Å². The van der Waals surface area contributed by atoms with Crippen LogP contribution in [0.15, 0.2) is 29.2 Å². The molecule has 18 heavy (non-hydrogen) atoms. The zero-order valence-corrected chi connectivity index (χ0v) is 11.0. The Kier molecular flexibility index (Phi) is 2.49. The van der Waals surface area contributed by atoms with Gasteiger partial charge in [0.25, 0.3) is 11.8 Å². The molecular formula is C12H8N2O2S2. The maximum atomic E-state index is 12.2. The Labute approximate surface area is 113 Å². The van der Waals surface area contributed by atoms with E-state index in [1.54, 1.807) is 11.9 Å². The summed E-state index contributed by atoms with van der Waals surface area (Å²) in [5, 5.41) is 2.54. The van der Waals surface area contributed by atoms with Gasteiger partial charge < -0.3 is 10.2 Å². The van der Waals surface area contributed by atoms with Crippen LogP contribution < -0.4 is 10.2 Å². The van der Waals surface area contributed by atoms with Crippen molar-refractivity contribution < 1.29 is 9.59 Å². The van der Waals surface area contributed by atoms with Crippen LogP contribution in [0.2, 0.25) is 0 Å². The Balaban J connectivity index is 2.25. The number of rotatable bonds is 0. The fourth-order valence-electron chi connectivity index (χ4n) is 2.07. The molecule has 6 heteroatoms. The van der Waals surface area contributed by atoms with E-state index in [-0.39, 0.29) is 11.8 Å². The lowest BCUT2D eigenvalue weighted by Crippen LogP contribution is -2.22. The summed E-state index contributed by atoms with van der Waals surface area (Å²) < 4.78 is 0.391. The highest BCUT2D eigenvalue weighted by atomic mass is 32.2. The summed E-state index contributed by atoms with van der Waals surface area (Å²) in [5.74, 6) is -0.461. The number of hydrogen-bond donors (Lipinski definition) is 1. The minimum absolute atomic E-state index is 0.168. The molecule has 2 aliphatic rings. The SMILES string of the molecule is CN1C(=O)/C(=C2/SC(=S)NC2=O)c2ccccc21. The van der Waals surface area contributed by atoms with E-state index in [1.807, 2.05) is 24.3 Å². The molecular weight excluding hydrogens is 268 g/mol. The van der Waals surface area contributed by atoms with Gasteiger partial charge in [-0.15, -0.1) is 0 Å². The van der Waals surface area contributed by atoms with Crippen LogP contribution in [-0.4, -0.2) is 23.2 Å². The minimum atomic E-state index is -0.293. The molecule has 0 spiro atoms. The van der Waals surface area contributed by atoms with Gasteiger partial charge in [0.15, 0.2) is 0 Å². The second-order valence-corrected chi connectivity index (χ2v) is 5.62. The third-order valence-electron chi connectivity index (χ3n) is 2.90. The lowest BCUT2D eigenvalue weighted by atomic mass is 10.1. The number of fused-ring (bicyclic) bond motifs is 1. The topological polar surface area (TPSA) is 49.4 Å². The van der Waals surface area contributed by atoms with Crippen molar-refractivity contribution in [3.8, 4) is 0 Å². The summed E-state index contributed by atoms with van der Waals surface area (Å²) in [6, 6.07) is 7.41. The number of para-hydroxylation sites is 1. The largest absolute Gasteiger partial charge is 0.311 e. The Morgan fingerprint density at radius 1 is 1.28 bits per heavy atom. The van der Waals surface area contributed by atoms with Crippen LogP contribution in [0.25, 0.3) is 5.57 Å². The van der Waals surface area contributed by atoms with E-state index in [9.17, 15) is 9.59 Å². The van der Waals surface area contributed by atoms with Crippen molar-refractivity contribution in [1.82, 2.24) is 5.32 Å². The van der Waals surface area contributed by atoms with Crippen molar-refractivity contribution in [2.24, 2.45) is 0 Å². The standard InChI is InChI=1S/C12H8N2O2S2/c1-14-7-5-3-2-4-6(7)8(11(14)16)9-10(15)13-12(17)18-9/h2-5H,1H3,(H,13,15,17)/b9-8+. The molecule has 1 N–H and O–H groups in total. The molecule has 1 fully saturated rings. The first-order valence-electron chi connectivity index (χ1n) is 5.24. The number of thioether (sulfide) groups is 1. The Bertz CT molecular complexity index is 637. The highest BCUT2D eigenvalue weighted by Gasteiger charge is 2.37. The van der Waals surface area contributed by atoms with Crippen molar-refractivity contribution >= 4 is 51.4 Å². The number of benzene rings is 1. The molecule has 0 radical (unpaired) electrons. The molecule has 90 valence electrons. The zero-order chi connectivity index (χ0) is 12.9. The number of nitrogens with one attached hydrogen (secondary N) is 1.